The topological polar surface area (TPSA) is 58.2 Å². The van der Waals surface area contributed by atoms with E-state index in [0.717, 1.165) is 12.8 Å². The van der Waals surface area contributed by atoms with Crippen molar-refractivity contribution in [1.29, 1.82) is 0 Å². The summed E-state index contributed by atoms with van der Waals surface area (Å²) < 4.78 is 4.83. The van der Waals surface area contributed by atoms with E-state index >= 15 is 0 Å². The van der Waals surface area contributed by atoms with Gasteiger partial charge in [-0.25, -0.2) is 23.3 Å². The van der Waals surface area contributed by atoms with E-state index in [-0.39, 0.29) is 26.2 Å². The molecule has 2 aromatic rings. The van der Waals surface area contributed by atoms with Crippen LogP contribution in [0.4, 0.5) is 0 Å². The molecule has 0 unspecified atom stereocenters. The summed E-state index contributed by atoms with van der Waals surface area (Å²) in [5, 5.41) is 0. The molecule has 0 fully saturated rings. The van der Waals surface area contributed by atoms with Crippen LogP contribution in [0, 0.1) is 12.2 Å². The quantitative estimate of drug-likeness (QED) is 0.0736. The third-order valence-electron chi connectivity index (χ3n) is 5.79. The minimum atomic E-state index is -1.18. The SMILES string of the molecule is C(C=Cc1ccccc1)=Cc1ccccc1.CCCCC1=[C-]CC=C1.CCCCC1=[C-]CC=C1.O=C[NH][GaH][NH]C=O.[Zr+2]. The van der Waals surface area contributed by atoms with Gasteiger partial charge in [-0.05, 0) is 11.1 Å². The molecule has 6 heteroatoms. The average molecular weight is 699 g/mol. The number of hydrogen-bond donors (Lipinski definition) is 2. The Hall–Kier alpha value is -2.66. The van der Waals surface area contributed by atoms with Gasteiger partial charge in [0.05, 0.1) is 0 Å². The smallest absolute Gasteiger partial charge is 2.00 e. The number of rotatable bonds is 13. The van der Waals surface area contributed by atoms with E-state index in [1.54, 1.807) is 0 Å². The molecule has 2 aliphatic carbocycles. The van der Waals surface area contributed by atoms with Crippen LogP contribution in [0.3, 0.4) is 0 Å². The van der Waals surface area contributed by atoms with Gasteiger partial charge >= 0.3 is 74.6 Å². The molecule has 2 amide bonds. The van der Waals surface area contributed by atoms with Crippen LogP contribution in [0.5, 0.6) is 0 Å². The molecule has 4 nitrogen and oxygen atoms in total. The van der Waals surface area contributed by atoms with E-state index in [1.165, 1.54) is 60.8 Å². The number of carbonyl (C=O) groups is 2. The second-order valence-corrected chi connectivity index (χ2v) is 11.6. The first-order valence-corrected chi connectivity index (χ1v) is 17.5. The Labute approximate surface area is 281 Å². The number of unbranched alkanes of at least 4 members (excludes halogenated alkanes) is 2. The van der Waals surface area contributed by atoms with Crippen molar-refractivity contribution in [2.75, 3.05) is 0 Å². The Morgan fingerprint density at radius 3 is 1.40 bits per heavy atom. The molecule has 42 heavy (non-hydrogen) atoms. The summed E-state index contributed by atoms with van der Waals surface area (Å²) in [6.07, 6.45) is 34.6. The predicted octanol–water partition coefficient (Wildman–Crippen LogP) is 7.89. The number of hydrogen-bond acceptors (Lipinski definition) is 2. The Morgan fingerprint density at radius 1 is 0.690 bits per heavy atom. The molecule has 0 aromatic heterocycles. The van der Waals surface area contributed by atoms with Crippen LogP contribution < -0.4 is 8.05 Å². The van der Waals surface area contributed by atoms with Gasteiger partial charge in [0.25, 0.3) is 0 Å². The molecule has 0 bridgehead atoms. The summed E-state index contributed by atoms with van der Waals surface area (Å²) in [6, 6.07) is 20.6. The molecule has 0 saturated carbocycles. The first-order chi connectivity index (χ1) is 20.2. The van der Waals surface area contributed by atoms with Gasteiger partial charge in [0.2, 0.25) is 0 Å². The van der Waals surface area contributed by atoms with Crippen LogP contribution in [-0.2, 0) is 35.8 Å². The van der Waals surface area contributed by atoms with E-state index < -0.39 is 17.9 Å². The van der Waals surface area contributed by atoms with E-state index in [2.05, 4.69) is 107 Å². The molecule has 0 spiro atoms. The minimum Gasteiger partial charge on any atom is 2.00 e. The average Bonchev–Trinajstić information content (AvgIpc) is 3.75. The largest absolute Gasteiger partial charge is 2.00 e. The molecule has 218 valence electrons. The standard InChI is InChI=1S/C16H14.2C9H13.2CH3NO.Ga.Zr.H/c1-3-9-15(10-4-1)13-7-8-14-16-11-5-2-6-12-16;2*1-2-3-6-9-7-4-5-8-9;2*2-1-3;;;/h1-14H;2*4,7H,2-3,5-6H2,1H3;2*1H,(H2,2,3);;;/q;2*-1;;;2*+2;/p-2. The van der Waals surface area contributed by atoms with Crippen molar-refractivity contribution in [3.8, 4) is 0 Å². The predicted molar refractivity (Wildman–Crippen MR) is 177 cm³/mol. The Kier molecular flexibility index (Phi) is 27.9. The zero-order chi connectivity index (χ0) is 29.6. The molecule has 2 aromatic carbocycles. The van der Waals surface area contributed by atoms with Crippen molar-refractivity contribution in [3.05, 3.63) is 132 Å². The first kappa shape index (κ1) is 39.3. The molecule has 2 aliphatic rings. The summed E-state index contributed by atoms with van der Waals surface area (Å²) in [4.78, 5) is 18.9. The fraction of sp³-hybridized carbons (Fsp3) is 0.278. The number of amides is 2. The van der Waals surface area contributed by atoms with E-state index in [1.807, 2.05) is 36.4 Å². The summed E-state index contributed by atoms with van der Waals surface area (Å²) in [5.74, 6) is 0. The van der Waals surface area contributed by atoms with Crippen LogP contribution in [0.15, 0.2) is 108 Å². The van der Waals surface area contributed by atoms with E-state index in [0.29, 0.717) is 12.8 Å². The Bertz CT molecular complexity index is 1030. The van der Waals surface area contributed by atoms with Crippen LogP contribution in [0.1, 0.15) is 76.3 Å². The van der Waals surface area contributed by atoms with Crippen LogP contribution >= 0.6 is 0 Å². The zero-order valence-electron chi connectivity index (χ0n) is 25.2. The molecule has 4 rings (SSSR count). The van der Waals surface area contributed by atoms with Crippen LogP contribution in [0.2, 0.25) is 0 Å². The van der Waals surface area contributed by atoms with Crippen molar-refractivity contribution < 1.29 is 35.8 Å². The Morgan fingerprint density at radius 2 is 1.10 bits per heavy atom. The van der Waals surface area contributed by atoms with Gasteiger partial charge in [0, 0.05) is 0 Å². The number of allylic oxidation sites excluding steroid dienone is 10. The van der Waals surface area contributed by atoms with Crippen molar-refractivity contribution in [2.45, 2.75) is 65.2 Å². The third kappa shape index (κ3) is 23.0. The van der Waals surface area contributed by atoms with Gasteiger partial charge < -0.3 is 0 Å². The Balaban J connectivity index is 0.000000562. The summed E-state index contributed by atoms with van der Waals surface area (Å²) in [5.41, 5.74) is 5.27. The van der Waals surface area contributed by atoms with Gasteiger partial charge in [-0.3, -0.25) is 12.2 Å². The van der Waals surface area contributed by atoms with Crippen molar-refractivity contribution in [1.82, 2.24) is 8.05 Å². The van der Waals surface area contributed by atoms with Crippen LogP contribution in [0.25, 0.3) is 12.2 Å². The van der Waals surface area contributed by atoms with E-state index in [9.17, 15) is 9.59 Å². The van der Waals surface area contributed by atoms with Gasteiger partial charge in [0.15, 0.2) is 0 Å². The molecule has 0 aliphatic heterocycles. The molecule has 2 N–H and O–H groups in total. The van der Waals surface area contributed by atoms with Gasteiger partial charge in [-0.1, -0.05) is 137 Å². The van der Waals surface area contributed by atoms with Crippen molar-refractivity contribution >= 4 is 42.9 Å². The summed E-state index contributed by atoms with van der Waals surface area (Å²) in [7, 11) is 0. The molecule has 0 saturated heterocycles. The van der Waals surface area contributed by atoms with Crippen molar-refractivity contribution in [2.24, 2.45) is 0 Å². The number of nitrogens with one attached hydrogen (secondary N) is 2. The third-order valence-corrected chi connectivity index (χ3v) is 7.35. The molecule has 0 atom stereocenters. The fourth-order valence-electron chi connectivity index (χ4n) is 3.58. The van der Waals surface area contributed by atoms with Crippen LogP contribution in [-0.4, -0.2) is 30.7 Å². The van der Waals surface area contributed by atoms with Gasteiger partial charge in [-0.15, -0.1) is 12.8 Å². The monoisotopic (exact) mass is 696 g/mol. The molecular formula is C36H45GaN2O2Zr. The minimum absolute atomic E-state index is 0. The maximum Gasteiger partial charge on any atom is 2.00 e. The maximum atomic E-state index is 9.46. The zero-order valence-corrected chi connectivity index (χ0v) is 30.7. The van der Waals surface area contributed by atoms with Gasteiger partial charge in [-0.2, -0.15) is 12.2 Å². The second-order valence-electron chi connectivity index (χ2n) is 9.18. The fourth-order valence-corrected chi connectivity index (χ4v) is 4.18. The molecule has 0 radical (unpaired) electrons. The van der Waals surface area contributed by atoms with E-state index in [4.69, 9.17) is 0 Å². The van der Waals surface area contributed by atoms with Gasteiger partial charge in [0.1, 0.15) is 0 Å². The summed E-state index contributed by atoms with van der Waals surface area (Å²) in [6.45, 7) is 4.44. The second kappa shape index (κ2) is 29.8. The van der Waals surface area contributed by atoms with Crippen molar-refractivity contribution in [3.63, 3.8) is 0 Å². The maximum absolute atomic E-state index is 9.46. The molecular weight excluding hydrogens is 653 g/mol. The summed E-state index contributed by atoms with van der Waals surface area (Å²) >= 11 is -1.18. The normalized spacial score (nSPS) is 12.3. The first-order valence-electron chi connectivity index (χ1n) is 14.5. The molecule has 0 heterocycles. The number of benzene rings is 2. The number of carbonyl (C=O) groups excluding carboxylic acids is 2.